The average molecular weight is 521 g/mol. The van der Waals surface area contributed by atoms with Crippen LogP contribution < -0.4 is 5.32 Å². The van der Waals surface area contributed by atoms with Crippen LogP contribution in [0.5, 0.6) is 0 Å². The number of rotatable bonds is 5. The average Bonchev–Trinajstić information content (AvgIpc) is 2.77. The summed E-state index contributed by atoms with van der Waals surface area (Å²) >= 11 is 12.2. The summed E-state index contributed by atoms with van der Waals surface area (Å²) in [4.78, 5) is 30.1. The van der Waals surface area contributed by atoms with Crippen LogP contribution in [0.1, 0.15) is 23.6 Å². The molecule has 0 spiro atoms. The van der Waals surface area contributed by atoms with Gasteiger partial charge in [0.25, 0.3) is 5.91 Å². The molecular weight excluding hydrogens is 511 g/mol. The predicted molar refractivity (Wildman–Crippen MR) is 94.8 cm³/mol. The van der Waals surface area contributed by atoms with Crippen molar-refractivity contribution in [2.45, 2.75) is 13.2 Å². The topological polar surface area (TPSA) is 114 Å². The van der Waals surface area contributed by atoms with E-state index in [2.05, 4.69) is 46.8 Å². The highest BCUT2D eigenvalue weighted by atomic mass is 79.9. The van der Waals surface area contributed by atoms with E-state index in [1.807, 2.05) is 0 Å². The fourth-order valence-corrected chi connectivity index (χ4v) is 3.49. The molecule has 25 heavy (non-hydrogen) atoms. The van der Waals surface area contributed by atoms with Crippen LogP contribution in [0, 0.1) is 5.82 Å². The van der Waals surface area contributed by atoms with E-state index in [1.54, 1.807) is 0 Å². The number of hydrogen-bond acceptors (Lipinski definition) is 4. The maximum Gasteiger partial charge on any atom is 0.471 e. The number of anilines is 1. The first kappa shape index (κ1) is 20.5. The molecule has 0 saturated heterocycles. The Kier molecular flexibility index (Phi) is 6.42. The summed E-state index contributed by atoms with van der Waals surface area (Å²) < 4.78 is 30.0. The molecule has 0 aliphatic rings. The third kappa shape index (κ3) is 5.10. The van der Waals surface area contributed by atoms with Crippen LogP contribution in [-0.4, -0.2) is 25.5 Å². The van der Waals surface area contributed by atoms with E-state index in [-0.39, 0.29) is 25.5 Å². The number of carbonyl (C=O) groups excluding carboxylic acids is 1. The smallest absolute Gasteiger partial charge is 0.319 e. The van der Waals surface area contributed by atoms with Gasteiger partial charge in [-0.15, -0.1) is 0 Å². The van der Waals surface area contributed by atoms with Gasteiger partial charge in [-0.1, -0.05) is 11.6 Å². The Morgan fingerprint density at radius 1 is 1.48 bits per heavy atom. The highest BCUT2D eigenvalue weighted by Gasteiger charge is 2.27. The monoisotopic (exact) mass is 519 g/mol. The summed E-state index contributed by atoms with van der Waals surface area (Å²) in [6.07, 6.45) is -1.16. The molecule has 0 radical (unpaired) electrons. The maximum atomic E-state index is 13.0. The second kappa shape index (κ2) is 7.83. The summed E-state index contributed by atoms with van der Waals surface area (Å²) in [6.45, 7) is 1.34. The van der Waals surface area contributed by atoms with Crippen LogP contribution in [0.3, 0.4) is 0 Å². The Morgan fingerprint density at radius 2 is 2.12 bits per heavy atom. The Labute approximate surface area is 162 Å². The first-order chi connectivity index (χ1) is 11.5. The van der Waals surface area contributed by atoms with E-state index in [9.17, 15) is 13.8 Å². The third-order valence-electron chi connectivity index (χ3n) is 2.83. The number of amides is 1. The van der Waals surface area contributed by atoms with E-state index in [1.165, 1.54) is 13.0 Å². The number of halogens is 4. The molecular formula is C12H10Br2ClFN3O5P. The lowest BCUT2D eigenvalue weighted by Crippen LogP contribution is -2.15. The van der Waals surface area contributed by atoms with Crippen molar-refractivity contribution in [2.24, 2.45) is 0 Å². The normalized spacial score (nSPS) is 12.9. The Bertz CT molecular complexity index is 875. The highest BCUT2D eigenvalue weighted by molar-refractivity contribution is 9.13. The zero-order valence-corrected chi connectivity index (χ0v) is 17.1. The summed E-state index contributed by atoms with van der Waals surface area (Å²) in [7, 11) is -4.75. The molecule has 1 unspecified atom stereocenters. The van der Waals surface area contributed by atoms with E-state index < -0.39 is 25.8 Å². The molecule has 0 aliphatic carbocycles. The van der Waals surface area contributed by atoms with Crippen LogP contribution in [0.2, 0.25) is 5.02 Å². The van der Waals surface area contributed by atoms with Gasteiger partial charge in [-0.2, -0.15) is 5.10 Å². The van der Waals surface area contributed by atoms with Gasteiger partial charge in [0, 0.05) is 0 Å². The lowest BCUT2D eigenvalue weighted by Gasteiger charge is -2.14. The molecule has 0 saturated carbocycles. The number of hydrogen-bond donors (Lipinski definition) is 3. The maximum absolute atomic E-state index is 13.0. The van der Waals surface area contributed by atoms with Crippen molar-refractivity contribution in [3.8, 4) is 0 Å². The number of carbonyl (C=O) groups is 1. The minimum atomic E-state index is -4.75. The molecule has 1 atom stereocenters. The van der Waals surface area contributed by atoms with Gasteiger partial charge in [-0.05, 0) is 57.0 Å². The van der Waals surface area contributed by atoms with Gasteiger partial charge in [0.1, 0.15) is 10.4 Å². The van der Waals surface area contributed by atoms with Crippen LogP contribution in [0.15, 0.2) is 27.3 Å². The van der Waals surface area contributed by atoms with Gasteiger partial charge in [-0.25, -0.2) is 13.6 Å². The van der Waals surface area contributed by atoms with Gasteiger partial charge in [0.15, 0.2) is 11.9 Å². The quantitative estimate of drug-likeness (QED) is 0.511. The van der Waals surface area contributed by atoms with E-state index >= 15 is 0 Å². The van der Waals surface area contributed by atoms with Gasteiger partial charge >= 0.3 is 7.82 Å². The summed E-state index contributed by atoms with van der Waals surface area (Å²) in [5.74, 6) is -1.23. The number of nitrogens with zero attached hydrogens (tertiary/aromatic N) is 2. The molecule has 8 nitrogen and oxygen atoms in total. The van der Waals surface area contributed by atoms with E-state index in [0.29, 0.717) is 0 Å². The lowest BCUT2D eigenvalue weighted by atomic mass is 10.3. The molecule has 0 bridgehead atoms. The molecule has 0 aliphatic heterocycles. The van der Waals surface area contributed by atoms with Crippen LogP contribution >= 0.6 is 51.3 Å². The fourth-order valence-electron chi connectivity index (χ4n) is 1.80. The van der Waals surface area contributed by atoms with Crippen molar-refractivity contribution in [3.05, 3.63) is 43.8 Å². The second-order valence-electron chi connectivity index (χ2n) is 4.67. The molecule has 1 heterocycles. The van der Waals surface area contributed by atoms with Crippen LogP contribution in [0.4, 0.5) is 10.1 Å². The largest absolute Gasteiger partial charge is 0.471 e. The summed E-state index contributed by atoms with van der Waals surface area (Å²) in [5, 5.41) is 6.43. The summed E-state index contributed by atoms with van der Waals surface area (Å²) in [6, 6.07) is 3.45. The Morgan fingerprint density at radius 3 is 2.68 bits per heavy atom. The van der Waals surface area contributed by atoms with Gasteiger partial charge in [0.2, 0.25) is 0 Å². The van der Waals surface area contributed by atoms with Crippen LogP contribution in [0.25, 0.3) is 0 Å². The third-order valence-corrected chi connectivity index (χ3v) is 5.76. The van der Waals surface area contributed by atoms with E-state index in [4.69, 9.17) is 21.4 Å². The highest BCUT2D eigenvalue weighted by Crippen LogP contribution is 2.42. The van der Waals surface area contributed by atoms with Gasteiger partial charge in [0.05, 0.1) is 15.2 Å². The fraction of sp³-hybridized carbons (Fsp3) is 0.167. The Balaban J connectivity index is 2.29. The SMILES string of the molecule is CC(OP(=O)(O)O)n1nc(C(=O)Nc2ccc(F)cc2Cl)c(Br)c1Br. The molecule has 2 aromatic rings. The number of phosphoric ester groups is 1. The van der Waals surface area contributed by atoms with Crippen molar-refractivity contribution in [1.82, 2.24) is 9.78 Å². The first-order valence-electron chi connectivity index (χ1n) is 6.43. The first-order valence-corrected chi connectivity index (χ1v) is 9.93. The standard InChI is InChI=1S/C12H10Br2ClFN3O5P/c1-5(24-25(21,22)23)19-11(14)9(13)10(18-19)12(20)17-8-3-2-6(16)4-7(8)15/h2-5H,1H3,(H,17,20)(H2,21,22,23). The minimum Gasteiger partial charge on any atom is -0.319 e. The number of phosphoric acid groups is 1. The predicted octanol–water partition coefficient (Wildman–Crippen LogP) is 4.08. The molecule has 136 valence electrons. The van der Waals surface area contributed by atoms with Gasteiger partial charge < -0.3 is 15.1 Å². The zero-order valence-electron chi connectivity index (χ0n) is 12.3. The minimum absolute atomic E-state index is 0.00108. The summed E-state index contributed by atoms with van der Waals surface area (Å²) in [5.41, 5.74) is 0.0681. The van der Waals surface area contributed by atoms with Crippen molar-refractivity contribution >= 4 is 62.9 Å². The molecule has 1 aromatic carbocycles. The lowest BCUT2D eigenvalue weighted by molar-refractivity contribution is 0.0857. The zero-order chi connectivity index (χ0) is 18.9. The van der Waals surface area contributed by atoms with Crippen molar-refractivity contribution < 1.29 is 28.1 Å². The van der Waals surface area contributed by atoms with Crippen molar-refractivity contribution in [3.63, 3.8) is 0 Å². The molecule has 3 N–H and O–H groups in total. The van der Waals surface area contributed by atoms with Gasteiger partial charge in [-0.3, -0.25) is 9.32 Å². The van der Waals surface area contributed by atoms with E-state index in [0.717, 1.165) is 16.8 Å². The van der Waals surface area contributed by atoms with Crippen molar-refractivity contribution in [1.29, 1.82) is 0 Å². The number of benzene rings is 1. The molecule has 0 fully saturated rings. The molecule has 1 aromatic heterocycles. The molecule has 2 rings (SSSR count). The molecule has 13 heteroatoms. The van der Waals surface area contributed by atoms with Crippen molar-refractivity contribution in [2.75, 3.05) is 5.32 Å². The number of nitrogens with one attached hydrogen (secondary N) is 1. The second-order valence-corrected chi connectivity index (χ2v) is 7.81. The molecule has 1 amide bonds. The Hall–Kier alpha value is -0.810. The van der Waals surface area contributed by atoms with Crippen LogP contribution in [-0.2, 0) is 9.09 Å². The number of aromatic nitrogens is 2.